The Morgan fingerprint density at radius 1 is 1.28 bits per heavy atom. The van der Waals surface area contributed by atoms with E-state index in [1.807, 2.05) is 17.5 Å². The monoisotopic (exact) mass is 277 g/mol. The molecule has 102 valence electrons. The number of hydrogen-bond donors (Lipinski definition) is 1. The second kappa shape index (κ2) is 6.06. The van der Waals surface area contributed by atoms with Crippen LogP contribution in [-0.2, 0) is 6.54 Å². The first-order valence-corrected chi connectivity index (χ1v) is 7.25. The number of halogens is 3. The van der Waals surface area contributed by atoms with Crippen LogP contribution in [0.3, 0.4) is 0 Å². The molecule has 1 aliphatic carbocycles. The van der Waals surface area contributed by atoms with Gasteiger partial charge >= 0.3 is 6.18 Å². The fourth-order valence-corrected chi connectivity index (χ4v) is 3.35. The van der Waals surface area contributed by atoms with Gasteiger partial charge in [0.25, 0.3) is 0 Å². The summed E-state index contributed by atoms with van der Waals surface area (Å²) in [6.45, 7) is 1.15. The summed E-state index contributed by atoms with van der Waals surface area (Å²) in [5, 5.41) is 5.15. The zero-order valence-corrected chi connectivity index (χ0v) is 11.0. The highest BCUT2D eigenvalue weighted by molar-refractivity contribution is 7.09. The van der Waals surface area contributed by atoms with Gasteiger partial charge in [0.05, 0.1) is 5.92 Å². The lowest BCUT2D eigenvalue weighted by Gasteiger charge is -2.33. The Balaban J connectivity index is 1.82. The van der Waals surface area contributed by atoms with E-state index < -0.39 is 12.1 Å². The van der Waals surface area contributed by atoms with Crippen molar-refractivity contribution in [3.05, 3.63) is 22.4 Å². The molecule has 0 aliphatic heterocycles. The van der Waals surface area contributed by atoms with Gasteiger partial charge in [0.2, 0.25) is 0 Å². The van der Waals surface area contributed by atoms with Crippen LogP contribution in [0, 0.1) is 11.8 Å². The normalized spacial score (nSPS) is 25.3. The maximum absolute atomic E-state index is 12.9. The molecular formula is C13H18F3NS. The topological polar surface area (TPSA) is 12.0 Å². The summed E-state index contributed by atoms with van der Waals surface area (Å²) >= 11 is 1.63. The van der Waals surface area contributed by atoms with Gasteiger partial charge < -0.3 is 5.32 Å². The molecule has 2 unspecified atom stereocenters. The Morgan fingerprint density at radius 2 is 2.06 bits per heavy atom. The summed E-state index contributed by atoms with van der Waals surface area (Å²) in [6, 6.07) is 3.96. The molecule has 5 heteroatoms. The van der Waals surface area contributed by atoms with Crippen LogP contribution in [-0.4, -0.2) is 12.7 Å². The first-order valence-electron chi connectivity index (χ1n) is 6.37. The lowest BCUT2D eigenvalue weighted by molar-refractivity contribution is -0.195. The highest BCUT2D eigenvalue weighted by atomic mass is 32.1. The van der Waals surface area contributed by atoms with Gasteiger partial charge in [-0.05, 0) is 36.8 Å². The average molecular weight is 277 g/mol. The average Bonchev–Trinajstić information content (AvgIpc) is 2.81. The summed E-state index contributed by atoms with van der Waals surface area (Å²) in [5.74, 6) is -1.36. The Kier molecular flexibility index (Phi) is 4.67. The molecule has 1 aromatic heterocycles. The molecule has 1 N–H and O–H groups in total. The quantitative estimate of drug-likeness (QED) is 0.869. The van der Waals surface area contributed by atoms with Gasteiger partial charge in [-0.2, -0.15) is 13.2 Å². The molecule has 1 aromatic rings. The van der Waals surface area contributed by atoms with E-state index in [9.17, 15) is 13.2 Å². The van der Waals surface area contributed by atoms with Gasteiger partial charge in [-0.3, -0.25) is 0 Å². The van der Waals surface area contributed by atoms with Crippen LogP contribution in [0.2, 0.25) is 0 Å². The van der Waals surface area contributed by atoms with Crippen molar-refractivity contribution in [1.29, 1.82) is 0 Å². The summed E-state index contributed by atoms with van der Waals surface area (Å²) in [6.07, 6.45) is -1.39. The Hall–Kier alpha value is -0.550. The molecule has 0 bridgehead atoms. The van der Waals surface area contributed by atoms with Crippen molar-refractivity contribution >= 4 is 11.3 Å². The van der Waals surface area contributed by atoms with Gasteiger partial charge in [0, 0.05) is 11.4 Å². The second-order valence-corrected chi connectivity index (χ2v) is 5.94. The third-order valence-corrected chi connectivity index (χ3v) is 4.49. The molecule has 1 nitrogen and oxygen atoms in total. The molecule has 1 saturated carbocycles. The van der Waals surface area contributed by atoms with Crippen LogP contribution in [0.15, 0.2) is 17.5 Å². The molecule has 1 fully saturated rings. The van der Waals surface area contributed by atoms with E-state index in [2.05, 4.69) is 5.32 Å². The van der Waals surface area contributed by atoms with E-state index in [4.69, 9.17) is 0 Å². The maximum Gasteiger partial charge on any atom is 0.392 e. The van der Waals surface area contributed by atoms with Gasteiger partial charge in [-0.25, -0.2) is 0 Å². The molecule has 0 radical (unpaired) electrons. The zero-order chi connectivity index (χ0) is 13.0. The number of hydrogen-bond acceptors (Lipinski definition) is 2. The Labute approximate surface area is 109 Å². The zero-order valence-electron chi connectivity index (χ0n) is 10.2. The van der Waals surface area contributed by atoms with Gasteiger partial charge in [-0.15, -0.1) is 11.3 Å². The predicted octanol–water partition coefficient (Wildman–Crippen LogP) is 4.21. The number of rotatable bonds is 4. The molecule has 2 rings (SSSR count). The minimum atomic E-state index is -4.03. The largest absolute Gasteiger partial charge is 0.392 e. The van der Waals surface area contributed by atoms with Crippen molar-refractivity contribution in [2.24, 2.45) is 11.8 Å². The fourth-order valence-electron chi connectivity index (χ4n) is 2.68. The van der Waals surface area contributed by atoms with E-state index in [0.29, 0.717) is 32.4 Å². The number of thiophene rings is 1. The van der Waals surface area contributed by atoms with Crippen molar-refractivity contribution < 1.29 is 13.2 Å². The third-order valence-electron chi connectivity index (χ3n) is 3.62. The molecule has 0 spiro atoms. The highest BCUT2D eigenvalue weighted by Crippen LogP contribution is 2.41. The standard InChI is InChI=1S/C13H18F3NS/c14-13(15,16)12-6-2-1-4-10(12)8-17-9-11-5-3-7-18-11/h3,5,7,10,12,17H,1-2,4,6,8-9H2. The van der Waals surface area contributed by atoms with E-state index in [0.717, 1.165) is 6.42 Å². The number of alkyl halides is 3. The van der Waals surface area contributed by atoms with Crippen molar-refractivity contribution in [2.75, 3.05) is 6.54 Å². The summed E-state index contributed by atoms with van der Waals surface area (Å²) < 4.78 is 38.6. The molecular weight excluding hydrogens is 259 g/mol. The third kappa shape index (κ3) is 3.72. The minimum Gasteiger partial charge on any atom is -0.312 e. The first-order chi connectivity index (χ1) is 8.57. The lowest BCUT2D eigenvalue weighted by Crippen LogP contribution is -2.38. The smallest absolute Gasteiger partial charge is 0.312 e. The SMILES string of the molecule is FC(F)(F)C1CCCCC1CNCc1cccs1. The van der Waals surface area contributed by atoms with Crippen molar-refractivity contribution in [2.45, 2.75) is 38.4 Å². The second-order valence-electron chi connectivity index (χ2n) is 4.90. The van der Waals surface area contributed by atoms with E-state index in [1.165, 1.54) is 4.88 Å². The summed E-state index contributed by atoms with van der Waals surface area (Å²) in [5.41, 5.74) is 0. The molecule has 18 heavy (non-hydrogen) atoms. The minimum absolute atomic E-state index is 0.251. The van der Waals surface area contributed by atoms with E-state index in [-0.39, 0.29) is 5.92 Å². The van der Waals surface area contributed by atoms with Crippen LogP contribution in [0.25, 0.3) is 0 Å². The van der Waals surface area contributed by atoms with Crippen LogP contribution < -0.4 is 5.32 Å². The molecule has 0 amide bonds. The van der Waals surface area contributed by atoms with Crippen LogP contribution in [0.1, 0.15) is 30.6 Å². The van der Waals surface area contributed by atoms with Crippen LogP contribution in [0.5, 0.6) is 0 Å². The molecule has 0 saturated heterocycles. The van der Waals surface area contributed by atoms with Gasteiger partial charge in [0.1, 0.15) is 0 Å². The van der Waals surface area contributed by atoms with Gasteiger partial charge in [-0.1, -0.05) is 18.9 Å². The van der Waals surface area contributed by atoms with Crippen LogP contribution in [0.4, 0.5) is 13.2 Å². The fraction of sp³-hybridized carbons (Fsp3) is 0.692. The number of nitrogens with one attached hydrogen (secondary N) is 1. The Morgan fingerprint density at radius 3 is 2.72 bits per heavy atom. The summed E-state index contributed by atoms with van der Waals surface area (Å²) in [7, 11) is 0. The Bertz CT molecular complexity index is 348. The highest BCUT2D eigenvalue weighted by Gasteiger charge is 2.44. The molecule has 2 atom stereocenters. The predicted molar refractivity (Wildman–Crippen MR) is 67.5 cm³/mol. The van der Waals surface area contributed by atoms with Crippen molar-refractivity contribution in [3.63, 3.8) is 0 Å². The van der Waals surface area contributed by atoms with Crippen molar-refractivity contribution in [1.82, 2.24) is 5.32 Å². The summed E-state index contributed by atoms with van der Waals surface area (Å²) in [4.78, 5) is 1.18. The first kappa shape index (κ1) is 13.9. The maximum atomic E-state index is 12.9. The molecule has 1 aliphatic rings. The van der Waals surface area contributed by atoms with Crippen LogP contribution >= 0.6 is 11.3 Å². The van der Waals surface area contributed by atoms with E-state index >= 15 is 0 Å². The molecule has 0 aromatic carbocycles. The van der Waals surface area contributed by atoms with E-state index in [1.54, 1.807) is 11.3 Å². The van der Waals surface area contributed by atoms with Crippen molar-refractivity contribution in [3.8, 4) is 0 Å². The van der Waals surface area contributed by atoms with Gasteiger partial charge in [0.15, 0.2) is 0 Å². The lowest BCUT2D eigenvalue weighted by atomic mass is 9.79. The molecule has 1 heterocycles.